The average Bonchev–Trinajstić information content (AvgIpc) is 2.54. The summed E-state index contributed by atoms with van der Waals surface area (Å²) >= 11 is 0. The lowest BCUT2D eigenvalue weighted by molar-refractivity contribution is -0.137. The molecule has 5 nitrogen and oxygen atoms in total. The highest BCUT2D eigenvalue weighted by Crippen LogP contribution is 2.32. The molecule has 0 unspecified atom stereocenters. The zero-order chi connectivity index (χ0) is 21.1. The second-order valence-corrected chi connectivity index (χ2v) is 7.35. The van der Waals surface area contributed by atoms with Gasteiger partial charge in [0.1, 0.15) is 5.75 Å². The Labute approximate surface area is 160 Å². The molecule has 0 atom stereocenters. The largest absolute Gasteiger partial charge is 0.508 e. The summed E-state index contributed by atoms with van der Waals surface area (Å²) in [7, 11) is 0. The summed E-state index contributed by atoms with van der Waals surface area (Å²) in [5.74, 6) is -1.34. The monoisotopic (exact) mass is 394 g/mol. The van der Waals surface area contributed by atoms with Gasteiger partial charge in [-0.3, -0.25) is 9.59 Å². The van der Waals surface area contributed by atoms with Gasteiger partial charge in [0, 0.05) is 22.4 Å². The summed E-state index contributed by atoms with van der Waals surface area (Å²) in [5, 5.41) is 15.1. The molecule has 2 aromatic carbocycles. The van der Waals surface area contributed by atoms with Crippen molar-refractivity contribution in [2.24, 2.45) is 0 Å². The van der Waals surface area contributed by atoms with Gasteiger partial charge in [0.2, 0.25) is 5.91 Å². The fourth-order valence-electron chi connectivity index (χ4n) is 2.43. The van der Waals surface area contributed by atoms with E-state index in [-0.39, 0.29) is 11.5 Å². The van der Waals surface area contributed by atoms with Crippen molar-refractivity contribution in [3.8, 4) is 5.75 Å². The molecule has 0 aromatic heterocycles. The zero-order valence-corrected chi connectivity index (χ0v) is 15.6. The summed E-state index contributed by atoms with van der Waals surface area (Å²) in [6.45, 7) is 5.49. The quantitative estimate of drug-likeness (QED) is 0.730. The SMILES string of the molecule is CC(C)(C)NC(=O)c1cccc(NC(=O)Cc2cc(C(F)(F)F)ccc2O)c1. The van der Waals surface area contributed by atoms with E-state index in [1.165, 1.54) is 6.07 Å². The molecule has 2 amide bonds. The molecule has 3 N–H and O–H groups in total. The Hall–Kier alpha value is -3.03. The molecular weight excluding hydrogens is 373 g/mol. The number of hydrogen-bond acceptors (Lipinski definition) is 3. The predicted molar refractivity (Wildman–Crippen MR) is 99.1 cm³/mol. The van der Waals surface area contributed by atoms with E-state index in [1.807, 2.05) is 20.8 Å². The minimum atomic E-state index is -4.58. The van der Waals surface area contributed by atoms with Gasteiger partial charge >= 0.3 is 6.18 Å². The minimum Gasteiger partial charge on any atom is -0.508 e. The fraction of sp³-hybridized carbons (Fsp3) is 0.300. The maximum Gasteiger partial charge on any atom is 0.416 e. The van der Waals surface area contributed by atoms with Crippen molar-refractivity contribution in [1.82, 2.24) is 5.32 Å². The third kappa shape index (κ3) is 6.00. The van der Waals surface area contributed by atoms with Gasteiger partial charge in [-0.2, -0.15) is 13.2 Å². The number of rotatable bonds is 4. The van der Waals surface area contributed by atoms with Crippen LogP contribution in [0.3, 0.4) is 0 Å². The van der Waals surface area contributed by atoms with Crippen LogP contribution in [0.2, 0.25) is 0 Å². The molecule has 0 aliphatic rings. The highest BCUT2D eigenvalue weighted by molar-refractivity contribution is 5.98. The van der Waals surface area contributed by atoms with Crippen molar-refractivity contribution in [2.75, 3.05) is 5.32 Å². The number of aromatic hydroxyl groups is 1. The van der Waals surface area contributed by atoms with E-state index in [0.717, 1.165) is 18.2 Å². The van der Waals surface area contributed by atoms with Crippen LogP contribution in [0.5, 0.6) is 5.75 Å². The number of anilines is 1. The third-order valence-corrected chi connectivity index (χ3v) is 3.65. The number of amides is 2. The van der Waals surface area contributed by atoms with Crippen LogP contribution >= 0.6 is 0 Å². The number of carbonyl (C=O) groups excluding carboxylic acids is 2. The standard InChI is InChI=1S/C20H21F3N2O3/c1-19(2,3)25-18(28)12-5-4-6-15(10-12)24-17(27)11-13-9-14(20(21,22)23)7-8-16(13)26/h4-10,26H,11H2,1-3H3,(H,24,27)(H,25,28). The molecule has 0 radical (unpaired) electrons. The lowest BCUT2D eigenvalue weighted by atomic mass is 10.1. The van der Waals surface area contributed by atoms with Gasteiger partial charge in [-0.05, 0) is 57.2 Å². The van der Waals surface area contributed by atoms with Crippen LogP contribution in [0.15, 0.2) is 42.5 Å². The van der Waals surface area contributed by atoms with Crippen molar-refractivity contribution in [3.63, 3.8) is 0 Å². The molecule has 2 rings (SSSR count). The van der Waals surface area contributed by atoms with E-state index in [9.17, 15) is 27.9 Å². The Morgan fingerprint density at radius 3 is 2.32 bits per heavy atom. The first kappa shape index (κ1) is 21.3. The summed E-state index contributed by atoms with van der Waals surface area (Å²) in [6, 6.07) is 8.56. The second kappa shape index (κ2) is 7.92. The number of benzene rings is 2. The zero-order valence-electron chi connectivity index (χ0n) is 15.6. The fourth-order valence-corrected chi connectivity index (χ4v) is 2.43. The predicted octanol–water partition coefficient (Wildman–Crippen LogP) is 4.12. The van der Waals surface area contributed by atoms with Gasteiger partial charge in [0.15, 0.2) is 0 Å². The van der Waals surface area contributed by atoms with Crippen LogP contribution in [0.4, 0.5) is 18.9 Å². The van der Waals surface area contributed by atoms with Crippen molar-refractivity contribution in [2.45, 2.75) is 38.9 Å². The normalized spacial score (nSPS) is 11.8. The van der Waals surface area contributed by atoms with Gasteiger partial charge in [-0.25, -0.2) is 0 Å². The number of phenolic OH excluding ortho intramolecular Hbond substituents is 1. The Morgan fingerprint density at radius 1 is 1.04 bits per heavy atom. The summed E-state index contributed by atoms with van der Waals surface area (Å²) < 4.78 is 38.4. The van der Waals surface area contributed by atoms with Crippen molar-refractivity contribution in [3.05, 3.63) is 59.2 Å². The van der Waals surface area contributed by atoms with Crippen LogP contribution in [0.25, 0.3) is 0 Å². The van der Waals surface area contributed by atoms with Crippen LogP contribution < -0.4 is 10.6 Å². The van der Waals surface area contributed by atoms with E-state index in [1.54, 1.807) is 18.2 Å². The highest BCUT2D eigenvalue weighted by atomic mass is 19.4. The third-order valence-electron chi connectivity index (χ3n) is 3.65. The van der Waals surface area contributed by atoms with E-state index in [4.69, 9.17) is 0 Å². The molecule has 28 heavy (non-hydrogen) atoms. The summed E-state index contributed by atoms with van der Waals surface area (Å²) in [6.07, 6.45) is -5.03. The molecule has 0 heterocycles. The highest BCUT2D eigenvalue weighted by Gasteiger charge is 2.31. The van der Waals surface area contributed by atoms with Crippen LogP contribution in [0, 0.1) is 0 Å². The lowest BCUT2D eigenvalue weighted by Gasteiger charge is -2.20. The number of nitrogens with one attached hydrogen (secondary N) is 2. The number of halogens is 3. The van der Waals surface area contributed by atoms with Gasteiger partial charge in [0.05, 0.1) is 12.0 Å². The molecule has 150 valence electrons. The molecule has 0 aliphatic heterocycles. The van der Waals surface area contributed by atoms with Gasteiger partial charge in [-0.15, -0.1) is 0 Å². The average molecular weight is 394 g/mol. The van der Waals surface area contributed by atoms with E-state index < -0.39 is 35.4 Å². The Bertz CT molecular complexity index is 887. The molecule has 8 heteroatoms. The summed E-state index contributed by atoms with van der Waals surface area (Å²) in [4.78, 5) is 24.4. The molecule has 0 spiro atoms. The van der Waals surface area contributed by atoms with Crippen molar-refractivity contribution >= 4 is 17.5 Å². The number of carbonyl (C=O) groups is 2. The first-order valence-electron chi connectivity index (χ1n) is 8.47. The Kier molecular flexibility index (Phi) is 6.01. The molecule has 0 aliphatic carbocycles. The first-order chi connectivity index (χ1) is 12.8. The number of hydrogen-bond donors (Lipinski definition) is 3. The first-order valence-corrected chi connectivity index (χ1v) is 8.47. The maximum atomic E-state index is 12.8. The van der Waals surface area contributed by atoms with E-state index >= 15 is 0 Å². The molecular formula is C20H21F3N2O3. The summed E-state index contributed by atoms with van der Waals surface area (Å²) in [5.41, 5.74) is -0.882. The van der Waals surface area contributed by atoms with Crippen LogP contribution in [-0.4, -0.2) is 22.5 Å². The van der Waals surface area contributed by atoms with Crippen molar-refractivity contribution < 1.29 is 27.9 Å². The molecule has 0 fully saturated rings. The van der Waals surface area contributed by atoms with E-state index in [2.05, 4.69) is 10.6 Å². The van der Waals surface area contributed by atoms with Gasteiger partial charge < -0.3 is 15.7 Å². The Morgan fingerprint density at radius 2 is 1.71 bits per heavy atom. The van der Waals surface area contributed by atoms with Crippen LogP contribution in [-0.2, 0) is 17.4 Å². The van der Waals surface area contributed by atoms with Gasteiger partial charge in [0.25, 0.3) is 5.91 Å². The lowest BCUT2D eigenvalue weighted by Crippen LogP contribution is -2.40. The van der Waals surface area contributed by atoms with Crippen molar-refractivity contribution in [1.29, 1.82) is 0 Å². The molecule has 0 saturated heterocycles. The Balaban J connectivity index is 2.12. The molecule has 0 saturated carbocycles. The van der Waals surface area contributed by atoms with Gasteiger partial charge in [-0.1, -0.05) is 6.07 Å². The van der Waals surface area contributed by atoms with Crippen LogP contribution in [0.1, 0.15) is 42.3 Å². The molecule has 0 bridgehead atoms. The van der Waals surface area contributed by atoms with E-state index in [0.29, 0.717) is 11.3 Å². The number of phenols is 1. The minimum absolute atomic E-state index is 0.144. The number of alkyl halides is 3. The topological polar surface area (TPSA) is 78.4 Å². The maximum absolute atomic E-state index is 12.8. The second-order valence-electron chi connectivity index (χ2n) is 7.35. The molecule has 2 aromatic rings. The smallest absolute Gasteiger partial charge is 0.416 e.